The first-order valence-electron chi connectivity index (χ1n) is 9.25. The highest BCUT2D eigenvalue weighted by Crippen LogP contribution is 2.18. The fourth-order valence-corrected chi connectivity index (χ4v) is 2.63. The normalized spacial score (nSPS) is 11.6. The number of benzene rings is 1. The Morgan fingerprint density at radius 2 is 2.07 bits per heavy atom. The summed E-state index contributed by atoms with van der Waals surface area (Å²) in [6.45, 7) is 7.06. The lowest BCUT2D eigenvalue weighted by molar-refractivity contribution is 0.569. The maximum atomic E-state index is 5.56. The summed E-state index contributed by atoms with van der Waals surface area (Å²) in [5, 5.41) is 10.9. The van der Waals surface area contributed by atoms with Crippen molar-refractivity contribution in [1.29, 1.82) is 0 Å². The van der Waals surface area contributed by atoms with Crippen molar-refractivity contribution in [2.75, 3.05) is 13.1 Å². The Balaban J connectivity index is 1.50. The third-order valence-electron chi connectivity index (χ3n) is 3.93. The van der Waals surface area contributed by atoms with Gasteiger partial charge < -0.3 is 15.1 Å². The van der Waals surface area contributed by atoms with E-state index in [0.717, 1.165) is 43.3 Å². The first-order chi connectivity index (χ1) is 13.2. The number of nitrogens with one attached hydrogen (secondary N) is 2. The zero-order chi connectivity index (χ0) is 18.9. The van der Waals surface area contributed by atoms with Gasteiger partial charge in [0.2, 0.25) is 5.89 Å². The molecule has 0 aliphatic carbocycles. The van der Waals surface area contributed by atoms with Crippen LogP contribution in [0.4, 0.5) is 0 Å². The Morgan fingerprint density at radius 3 is 2.81 bits per heavy atom. The summed E-state index contributed by atoms with van der Waals surface area (Å²) >= 11 is 0. The van der Waals surface area contributed by atoms with Crippen LogP contribution in [0.5, 0.6) is 0 Å². The predicted octanol–water partition coefficient (Wildman–Crippen LogP) is 2.99. The number of hydrogen-bond donors (Lipinski definition) is 2. The van der Waals surface area contributed by atoms with Crippen LogP contribution >= 0.6 is 0 Å². The number of guanidine groups is 1. The van der Waals surface area contributed by atoms with Crippen LogP contribution in [-0.4, -0.2) is 33.8 Å². The molecule has 3 rings (SSSR count). The fourth-order valence-electron chi connectivity index (χ4n) is 2.63. The van der Waals surface area contributed by atoms with Gasteiger partial charge in [-0.15, -0.1) is 0 Å². The van der Waals surface area contributed by atoms with Gasteiger partial charge in [-0.25, -0.2) is 9.98 Å². The van der Waals surface area contributed by atoms with Gasteiger partial charge in [-0.3, -0.25) is 4.68 Å². The van der Waals surface area contributed by atoms with Crippen molar-refractivity contribution < 1.29 is 4.42 Å². The zero-order valence-corrected chi connectivity index (χ0v) is 15.9. The van der Waals surface area contributed by atoms with Crippen molar-refractivity contribution in [3.8, 4) is 11.5 Å². The molecule has 2 N–H and O–H groups in total. The van der Waals surface area contributed by atoms with Crippen LogP contribution < -0.4 is 10.6 Å². The number of rotatable bonds is 8. The number of aliphatic imine (C=N–C) groups is 1. The minimum atomic E-state index is 0.462. The highest BCUT2D eigenvalue weighted by Gasteiger charge is 2.06. The lowest BCUT2D eigenvalue weighted by atomic mass is 10.2. The Hall–Kier alpha value is -3.09. The van der Waals surface area contributed by atoms with Crippen molar-refractivity contribution in [1.82, 2.24) is 25.4 Å². The fraction of sp³-hybridized carbons (Fsp3) is 0.350. The molecule has 2 aromatic heterocycles. The number of nitrogens with zero attached hydrogens (tertiary/aromatic N) is 4. The number of aromatic nitrogens is 3. The Bertz CT molecular complexity index is 852. The molecule has 0 fully saturated rings. The topological polar surface area (TPSA) is 80.3 Å². The largest absolute Gasteiger partial charge is 0.444 e. The standard InChI is InChI=1S/C20H26N6O/c1-3-21-20(22-10-7-11-26-14-16(2)12-24-26)23-13-18-15-27-19(25-18)17-8-5-4-6-9-17/h4-6,8-9,12,14-15H,3,7,10-11,13H2,1-2H3,(H2,21,22,23). The van der Waals surface area contributed by atoms with Gasteiger partial charge in [-0.05, 0) is 38.0 Å². The maximum absolute atomic E-state index is 5.56. The van der Waals surface area contributed by atoms with Gasteiger partial charge in [0.1, 0.15) is 12.0 Å². The molecule has 1 aromatic carbocycles. The second kappa shape index (κ2) is 9.56. The van der Waals surface area contributed by atoms with E-state index in [1.54, 1.807) is 6.26 Å². The quantitative estimate of drug-likeness (QED) is 0.364. The second-order valence-electron chi connectivity index (χ2n) is 6.27. The lowest BCUT2D eigenvalue weighted by Crippen LogP contribution is -2.38. The molecule has 3 aromatic rings. The molecule has 0 radical (unpaired) electrons. The third-order valence-corrected chi connectivity index (χ3v) is 3.93. The van der Waals surface area contributed by atoms with E-state index in [2.05, 4.69) is 25.7 Å². The Labute approximate surface area is 159 Å². The summed E-state index contributed by atoms with van der Waals surface area (Å²) in [6, 6.07) is 9.86. The number of oxazole rings is 1. The molecule has 0 atom stereocenters. The molecule has 0 spiro atoms. The second-order valence-corrected chi connectivity index (χ2v) is 6.27. The predicted molar refractivity (Wildman–Crippen MR) is 106 cm³/mol. The summed E-state index contributed by atoms with van der Waals surface area (Å²) in [5.41, 5.74) is 2.95. The molecule has 7 nitrogen and oxygen atoms in total. The minimum Gasteiger partial charge on any atom is -0.444 e. The van der Waals surface area contributed by atoms with Gasteiger partial charge in [-0.1, -0.05) is 18.2 Å². The average Bonchev–Trinajstić information content (AvgIpc) is 3.33. The van der Waals surface area contributed by atoms with E-state index in [4.69, 9.17) is 4.42 Å². The maximum Gasteiger partial charge on any atom is 0.226 e. The minimum absolute atomic E-state index is 0.462. The van der Waals surface area contributed by atoms with Crippen LogP contribution in [-0.2, 0) is 13.1 Å². The molecule has 0 amide bonds. The van der Waals surface area contributed by atoms with E-state index < -0.39 is 0 Å². The molecule has 7 heteroatoms. The van der Waals surface area contributed by atoms with E-state index >= 15 is 0 Å². The Morgan fingerprint density at radius 1 is 1.22 bits per heavy atom. The number of hydrogen-bond acceptors (Lipinski definition) is 4. The Kier molecular flexibility index (Phi) is 6.62. The van der Waals surface area contributed by atoms with E-state index in [0.29, 0.717) is 12.4 Å². The van der Waals surface area contributed by atoms with Crippen molar-refractivity contribution in [3.05, 3.63) is 60.2 Å². The van der Waals surface area contributed by atoms with Gasteiger partial charge in [0, 0.05) is 31.4 Å². The molecule has 0 bridgehead atoms. The summed E-state index contributed by atoms with van der Waals surface area (Å²) in [7, 11) is 0. The van der Waals surface area contributed by atoms with E-state index in [9.17, 15) is 0 Å². The third kappa shape index (κ3) is 5.70. The molecule has 142 valence electrons. The summed E-state index contributed by atoms with van der Waals surface area (Å²) < 4.78 is 7.52. The van der Waals surface area contributed by atoms with Crippen LogP contribution in [0.25, 0.3) is 11.5 Å². The van der Waals surface area contributed by atoms with Crippen molar-refractivity contribution >= 4 is 5.96 Å². The molecular formula is C20H26N6O. The lowest BCUT2D eigenvalue weighted by Gasteiger charge is -2.10. The van der Waals surface area contributed by atoms with Crippen LogP contribution in [0.2, 0.25) is 0 Å². The molecule has 0 unspecified atom stereocenters. The van der Waals surface area contributed by atoms with Gasteiger partial charge in [0.25, 0.3) is 0 Å². The molecular weight excluding hydrogens is 340 g/mol. The summed E-state index contributed by atoms with van der Waals surface area (Å²) in [4.78, 5) is 9.10. The molecule has 27 heavy (non-hydrogen) atoms. The highest BCUT2D eigenvalue weighted by molar-refractivity contribution is 5.79. The van der Waals surface area contributed by atoms with E-state index in [1.165, 1.54) is 5.56 Å². The molecule has 0 saturated heterocycles. The van der Waals surface area contributed by atoms with Crippen molar-refractivity contribution in [3.63, 3.8) is 0 Å². The van der Waals surface area contributed by atoms with Crippen molar-refractivity contribution in [2.24, 2.45) is 4.99 Å². The van der Waals surface area contributed by atoms with Crippen LogP contribution in [0.15, 0.2) is 58.4 Å². The van der Waals surface area contributed by atoms with Gasteiger partial charge in [0.05, 0.1) is 12.7 Å². The monoisotopic (exact) mass is 366 g/mol. The van der Waals surface area contributed by atoms with Gasteiger partial charge in [-0.2, -0.15) is 5.10 Å². The molecule has 0 aliphatic rings. The van der Waals surface area contributed by atoms with Crippen LogP contribution in [0.1, 0.15) is 24.6 Å². The van der Waals surface area contributed by atoms with E-state index in [-0.39, 0.29) is 0 Å². The van der Waals surface area contributed by atoms with E-state index in [1.807, 2.05) is 61.3 Å². The van der Waals surface area contributed by atoms with Crippen LogP contribution in [0, 0.1) is 6.92 Å². The van der Waals surface area contributed by atoms with Gasteiger partial charge in [0.15, 0.2) is 5.96 Å². The smallest absolute Gasteiger partial charge is 0.226 e. The first-order valence-corrected chi connectivity index (χ1v) is 9.25. The molecule has 0 saturated carbocycles. The molecule has 0 aliphatic heterocycles. The molecule has 2 heterocycles. The zero-order valence-electron chi connectivity index (χ0n) is 15.9. The highest BCUT2D eigenvalue weighted by atomic mass is 16.3. The summed E-state index contributed by atoms with van der Waals surface area (Å²) in [5.74, 6) is 1.40. The van der Waals surface area contributed by atoms with Gasteiger partial charge >= 0.3 is 0 Å². The van der Waals surface area contributed by atoms with Crippen LogP contribution in [0.3, 0.4) is 0 Å². The first kappa shape index (κ1) is 18.7. The number of aryl methyl sites for hydroxylation is 2. The SMILES string of the molecule is CCNC(=NCc1coc(-c2ccccc2)n1)NCCCn1cc(C)cn1. The van der Waals surface area contributed by atoms with Crippen molar-refractivity contribution in [2.45, 2.75) is 33.4 Å². The summed E-state index contributed by atoms with van der Waals surface area (Å²) in [6.07, 6.45) is 6.55. The average molecular weight is 366 g/mol.